The first-order chi connectivity index (χ1) is 16.4. The number of nitrogens with one attached hydrogen (secondary N) is 1. The van der Waals surface area contributed by atoms with Crippen LogP contribution in [-0.2, 0) is 7.05 Å². The average Bonchev–Trinajstić information content (AvgIpc) is 3.15. The largest absolute Gasteiger partial charge is 0.497 e. The van der Waals surface area contributed by atoms with Gasteiger partial charge in [-0.1, -0.05) is 44.9 Å². The second-order valence-electron chi connectivity index (χ2n) is 9.41. The van der Waals surface area contributed by atoms with Crippen LogP contribution >= 0.6 is 0 Å². The molecule has 1 N–H and O–H groups in total. The molecule has 1 aliphatic carbocycles. The molecule has 4 aromatic rings. The van der Waals surface area contributed by atoms with Gasteiger partial charge in [0, 0.05) is 29.4 Å². The third kappa shape index (κ3) is 3.56. The van der Waals surface area contributed by atoms with Crippen molar-refractivity contribution in [2.24, 2.45) is 18.9 Å². The standard InChI is InChI=1S/C27H30N4O3/c1-16-8-7-10-21(17(16)2)28-26(32)24-23-20-9-5-6-11-22(20)30(3)25(23)27(33)31(29-24)18-12-14-19(34-4)15-13-18/h5-6,9,11-17,21H,7-8,10H2,1-4H3,(H,28,32)/t16-,17+,21+/m0/s1. The average molecular weight is 459 g/mol. The predicted octanol–water partition coefficient (Wildman–Crippen LogP) is 4.44. The van der Waals surface area contributed by atoms with Gasteiger partial charge in [-0.15, -0.1) is 0 Å². The zero-order chi connectivity index (χ0) is 24.0. The van der Waals surface area contributed by atoms with Crippen LogP contribution in [0.3, 0.4) is 0 Å². The Kier molecular flexibility index (Phi) is 5.63. The highest BCUT2D eigenvalue weighted by atomic mass is 16.5. The molecule has 7 nitrogen and oxygen atoms in total. The maximum Gasteiger partial charge on any atom is 0.296 e. The highest BCUT2D eigenvalue weighted by molar-refractivity contribution is 6.16. The van der Waals surface area contributed by atoms with E-state index in [1.807, 2.05) is 35.9 Å². The number of aryl methyl sites for hydroxylation is 1. The van der Waals surface area contributed by atoms with Crippen molar-refractivity contribution in [3.8, 4) is 11.4 Å². The summed E-state index contributed by atoms with van der Waals surface area (Å²) < 4.78 is 8.43. The van der Waals surface area contributed by atoms with Crippen LogP contribution in [0.15, 0.2) is 53.3 Å². The van der Waals surface area contributed by atoms with Gasteiger partial charge in [0.05, 0.1) is 12.8 Å². The van der Waals surface area contributed by atoms with E-state index in [0.717, 1.165) is 23.7 Å². The van der Waals surface area contributed by atoms with E-state index in [1.165, 1.54) is 11.1 Å². The lowest BCUT2D eigenvalue weighted by Gasteiger charge is -2.34. The van der Waals surface area contributed by atoms with Crippen LogP contribution in [0.1, 0.15) is 43.6 Å². The summed E-state index contributed by atoms with van der Waals surface area (Å²) in [5, 5.41) is 9.34. The normalized spacial score (nSPS) is 20.5. The lowest BCUT2D eigenvalue weighted by molar-refractivity contribution is 0.0886. The molecule has 1 aliphatic rings. The van der Waals surface area contributed by atoms with Crippen LogP contribution in [0.5, 0.6) is 5.75 Å². The quantitative estimate of drug-likeness (QED) is 0.490. The molecular weight excluding hydrogens is 428 g/mol. The number of hydrogen-bond donors (Lipinski definition) is 1. The summed E-state index contributed by atoms with van der Waals surface area (Å²) in [6.07, 6.45) is 3.23. The molecule has 0 aliphatic heterocycles. The number of para-hydroxylation sites is 1. The zero-order valence-electron chi connectivity index (χ0n) is 20.0. The monoisotopic (exact) mass is 458 g/mol. The fourth-order valence-corrected chi connectivity index (χ4v) is 5.26. The summed E-state index contributed by atoms with van der Waals surface area (Å²) in [4.78, 5) is 27.4. The minimum absolute atomic E-state index is 0.0874. The van der Waals surface area contributed by atoms with Gasteiger partial charge in [-0.25, -0.2) is 0 Å². The van der Waals surface area contributed by atoms with E-state index in [2.05, 4.69) is 24.3 Å². The molecular formula is C27H30N4O3. The third-order valence-corrected chi connectivity index (χ3v) is 7.49. The highest BCUT2D eigenvalue weighted by Gasteiger charge is 2.30. The van der Waals surface area contributed by atoms with Gasteiger partial charge in [-0.2, -0.15) is 9.78 Å². The van der Waals surface area contributed by atoms with Crippen molar-refractivity contribution in [3.63, 3.8) is 0 Å². The molecule has 34 heavy (non-hydrogen) atoms. The minimum Gasteiger partial charge on any atom is -0.497 e. The predicted molar refractivity (Wildman–Crippen MR) is 134 cm³/mol. The van der Waals surface area contributed by atoms with Crippen molar-refractivity contribution in [3.05, 3.63) is 64.6 Å². The van der Waals surface area contributed by atoms with Gasteiger partial charge in [0.25, 0.3) is 11.5 Å². The number of ether oxygens (including phenoxy) is 1. The Balaban J connectivity index is 1.72. The molecule has 0 spiro atoms. The number of benzene rings is 2. The third-order valence-electron chi connectivity index (χ3n) is 7.49. The van der Waals surface area contributed by atoms with E-state index in [9.17, 15) is 9.59 Å². The van der Waals surface area contributed by atoms with Crippen LogP contribution in [0, 0.1) is 11.8 Å². The van der Waals surface area contributed by atoms with Crippen LogP contribution in [0.2, 0.25) is 0 Å². The molecule has 2 aromatic heterocycles. The Labute approximate surface area is 198 Å². The van der Waals surface area contributed by atoms with Gasteiger partial charge in [0.1, 0.15) is 11.3 Å². The molecule has 0 bridgehead atoms. The SMILES string of the molecule is COc1ccc(-n2nc(C(=O)N[C@@H]3CCC[C@H](C)[C@H]3C)c3c4ccccc4n(C)c3c2=O)cc1. The number of carbonyl (C=O) groups excluding carboxylic acids is 1. The second-order valence-corrected chi connectivity index (χ2v) is 9.41. The lowest BCUT2D eigenvalue weighted by Crippen LogP contribution is -2.44. The van der Waals surface area contributed by atoms with Crippen LogP contribution in [0.4, 0.5) is 0 Å². The summed E-state index contributed by atoms with van der Waals surface area (Å²) in [5.41, 5.74) is 1.93. The maximum absolute atomic E-state index is 13.7. The Bertz CT molecular complexity index is 1430. The van der Waals surface area contributed by atoms with Crippen molar-refractivity contribution >= 4 is 27.7 Å². The number of amides is 1. The Morgan fingerprint density at radius 1 is 1.09 bits per heavy atom. The molecule has 0 radical (unpaired) electrons. The highest BCUT2D eigenvalue weighted by Crippen LogP contribution is 2.31. The summed E-state index contributed by atoms with van der Waals surface area (Å²) in [6, 6.07) is 14.9. The van der Waals surface area contributed by atoms with E-state index in [1.54, 1.807) is 31.4 Å². The Morgan fingerprint density at radius 3 is 2.56 bits per heavy atom. The first kappa shape index (κ1) is 22.2. The summed E-state index contributed by atoms with van der Waals surface area (Å²) in [6.45, 7) is 4.45. The molecule has 176 valence electrons. The first-order valence-corrected chi connectivity index (χ1v) is 11.9. The molecule has 5 rings (SSSR count). The first-order valence-electron chi connectivity index (χ1n) is 11.9. The molecule has 1 amide bonds. The van der Waals surface area contributed by atoms with Gasteiger partial charge in [0.15, 0.2) is 5.69 Å². The fraction of sp³-hybridized carbons (Fsp3) is 0.370. The molecule has 7 heteroatoms. The summed E-state index contributed by atoms with van der Waals surface area (Å²) in [5.74, 6) is 1.38. The number of aromatic nitrogens is 3. The maximum atomic E-state index is 13.7. The van der Waals surface area contributed by atoms with Gasteiger partial charge >= 0.3 is 0 Å². The van der Waals surface area contributed by atoms with Gasteiger partial charge in [0.2, 0.25) is 0 Å². The van der Waals surface area contributed by atoms with Crippen molar-refractivity contribution in [2.75, 3.05) is 7.11 Å². The van der Waals surface area contributed by atoms with E-state index in [4.69, 9.17) is 4.74 Å². The summed E-state index contributed by atoms with van der Waals surface area (Å²) >= 11 is 0. The van der Waals surface area contributed by atoms with Gasteiger partial charge in [-0.05, 0) is 48.6 Å². The smallest absolute Gasteiger partial charge is 0.296 e. The van der Waals surface area contributed by atoms with Crippen molar-refractivity contribution < 1.29 is 9.53 Å². The fourth-order valence-electron chi connectivity index (χ4n) is 5.26. The van der Waals surface area contributed by atoms with Crippen molar-refractivity contribution in [1.29, 1.82) is 0 Å². The number of nitrogens with zero attached hydrogens (tertiary/aromatic N) is 3. The molecule has 3 atom stereocenters. The Hall–Kier alpha value is -3.61. The zero-order valence-corrected chi connectivity index (χ0v) is 20.0. The van der Waals surface area contributed by atoms with E-state index < -0.39 is 0 Å². The number of rotatable bonds is 4. The molecule has 1 saturated carbocycles. The Morgan fingerprint density at radius 2 is 1.82 bits per heavy atom. The van der Waals surface area contributed by atoms with Crippen LogP contribution in [0.25, 0.3) is 27.5 Å². The topological polar surface area (TPSA) is 78.2 Å². The molecule has 0 saturated heterocycles. The number of carbonyl (C=O) groups is 1. The van der Waals surface area contributed by atoms with E-state index in [-0.39, 0.29) is 23.2 Å². The van der Waals surface area contributed by atoms with Crippen molar-refractivity contribution in [2.45, 2.75) is 39.2 Å². The molecule has 0 unspecified atom stereocenters. The molecule has 2 heterocycles. The van der Waals surface area contributed by atoms with Gasteiger partial charge < -0.3 is 14.6 Å². The number of hydrogen-bond acceptors (Lipinski definition) is 4. The van der Waals surface area contributed by atoms with Crippen LogP contribution < -0.4 is 15.6 Å². The lowest BCUT2D eigenvalue weighted by atomic mass is 9.78. The van der Waals surface area contributed by atoms with E-state index in [0.29, 0.717) is 34.2 Å². The summed E-state index contributed by atoms with van der Waals surface area (Å²) in [7, 11) is 3.45. The van der Waals surface area contributed by atoms with Gasteiger partial charge in [-0.3, -0.25) is 9.59 Å². The van der Waals surface area contributed by atoms with E-state index >= 15 is 0 Å². The number of methoxy groups -OCH3 is 1. The van der Waals surface area contributed by atoms with Crippen molar-refractivity contribution in [1.82, 2.24) is 19.7 Å². The minimum atomic E-state index is -0.268. The second kappa shape index (κ2) is 8.63. The molecule has 2 aromatic carbocycles. The number of fused-ring (bicyclic) bond motifs is 3. The molecule has 1 fully saturated rings. The van der Waals surface area contributed by atoms with Crippen LogP contribution in [-0.4, -0.2) is 33.4 Å².